The number of hydrogen-bond acceptors (Lipinski definition) is 3. The molecular weight excluding hydrogens is 326 g/mol. The third kappa shape index (κ3) is 4.48. The molecule has 1 aliphatic rings. The molecule has 2 atom stereocenters. The van der Waals surface area contributed by atoms with Gasteiger partial charge in [0.25, 0.3) is 5.91 Å². The Kier molecular flexibility index (Phi) is 6.63. The molecule has 1 fully saturated rings. The minimum absolute atomic E-state index is 0.0126. The summed E-state index contributed by atoms with van der Waals surface area (Å²) >= 11 is 5.97. The van der Waals surface area contributed by atoms with Crippen molar-refractivity contribution in [3.63, 3.8) is 0 Å². The standard InChI is InChI=1S/C18H26ClN3O2/c1-3-13(2)16(20)18(24)22-9-5-8-21(10-11-22)17(23)14-6-4-7-15(19)12-14/h4,6-7,12-13,16H,3,5,8-11,20H2,1-2H3. The Morgan fingerprint density at radius 3 is 2.54 bits per heavy atom. The molecule has 2 amide bonds. The summed E-state index contributed by atoms with van der Waals surface area (Å²) in [5.74, 6) is 0.101. The highest BCUT2D eigenvalue weighted by Crippen LogP contribution is 2.15. The molecule has 5 nitrogen and oxygen atoms in total. The number of rotatable bonds is 4. The van der Waals surface area contributed by atoms with E-state index in [0.29, 0.717) is 36.8 Å². The predicted octanol–water partition coefficient (Wildman–Crippen LogP) is 2.39. The molecule has 6 heteroatoms. The topological polar surface area (TPSA) is 66.6 Å². The zero-order valence-corrected chi connectivity index (χ0v) is 15.1. The van der Waals surface area contributed by atoms with Crippen molar-refractivity contribution < 1.29 is 9.59 Å². The first-order valence-electron chi connectivity index (χ1n) is 8.53. The SMILES string of the molecule is CCC(C)C(N)C(=O)N1CCCN(C(=O)c2cccc(Cl)c2)CC1. The lowest BCUT2D eigenvalue weighted by Gasteiger charge is -2.27. The van der Waals surface area contributed by atoms with Crippen molar-refractivity contribution in [2.75, 3.05) is 26.2 Å². The van der Waals surface area contributed by atoms with Gasteiger partial charge in [-0.15, -0.1) is 0 Å². The highest BCUT2D eigenvalue weighted by atomic mass is 35.5. The van der Waals surface area contributed by atoms with E-state index in [2.05, 4.69) is 0 Å². The van der Waals surface area contributed by atoms with Gasteiger partial charge < -0.3 is 15.5 Å². The van der Waals surface area contributed by atoms with Crippen LogP contribution in [0.1, 0.15) is 37.0 Å². The molecule has 0 aliphatic carbocycles. The van der Waals surface area contributed by atoms with Crippen molar-refractivity contribution in [3.05, 3.63) is 34.9 Å². The van der Waals surface area contributed by atoms with Gasteiger partial charge >= 0.3 is 0 Å². The molecule has 0 bridgehead atoms. The Balaban J connectivity index is 2.00. The van der Waals surface area contributed by atoms with E-state index in [9.17, 15) is 9.59 Å². The second kappa shape index (κ2) is 8.49. The smallest absolute Gasteiger partial charge is 0.253 e. The monoisotopic (exact) mass is 351 g/mol. The number of benzene rings is 1. The number of nitrogens with two attached hydrogens (primary N) is 1. The predicted molar refractivity (Wildman–Crippen MR) is 96.0 cm³/mol. The average molecular weight is 352 g/mol. The van der Waals surface area contributed by atoms with Crippen LogP contribution in [0.4, 0.5) is 0 Å². The molecule has 1 aliphatic heterocycles. The van der Waals surface area contributed by atoms with Gasteiger partial charge in [-0.05, 0) is 30.5 Å². The third-order valence-electron chi connectivity index (χ3n) is 4.71. The Morgan fingerprint density at radius 2 is 1.88 bits per heavy atom. The summed E-state index contributed by atoms with van der Waals surface area (Å²) in [5.41, 5.74) is 6.65. The Morgan fingerprint density at radius 1 is 1.21 bits per heavy atom. The summed E-state index contributed by atoms with van der Waals surface area (Å²) in [4.78, 5) is 28.7. The summed E-state index contributed by atoms with van der Waals surface area (Å²) < 4.78 is 0. The number of hydrogen-bond donors (Lipinski definition) is 1. The molecule has 132 valence electrons. The fourth-order valence-corrected chi connectivity index (χ4v) is 3.04. The van der Waals surface area contributed by atoms with Crippen molar-refractivity contribution in [2.24, 2.45) is 11.7 Å². The molecule has 1 saturated heterocycles. The quantitative estimate of drug-likeness (QED) is 0.905. The van der Waals surface area contributed by atoms with Gasteiger partial charge in [0.15, 0.2) is 0 Å². The largest absolute Gasteiger partial charge is 0.339 e. The van der Waals surface area contributed by atoms with Gasteiger partial charge in [-0.1, -0.05) is 37.9 Å². The molecule has 2 rings (SSSR count). The minimum Gasteiger partial charge on any atom is -0.339 e. The fourth-order valence-electron chi connectivity index (χ4n) is 2.85. The summed E-state index contributed by atoms with van der Waals surface area (Å²) in [5, 5.41) is 0.548. The molecule has 1 heterocycles. The summed E-state index contributed by atoms with van der Waals surface area (Å²) in [6.45, 7) is 6.34. The van der Waals surface area contributed by atoms with Crippen LogP contribution in [0.5, 0.6) is 0 Å². The van der Waals surface area contributed by atoms with Crippen LogP contribution in [0.3, 0.4) is 0 Å². The first-order valence-corrected chi connectivity index (χ1v) is 8.91. The van der Waals surface area contributed by atoms with Crippen molar-refractivity contribution in [3.8, 4) is 0 Å². The molecule has 2 unspecified atom stereocenters. The molecule has 0 aromatic heterocycles. The fraction of sp³-hybridized carbons (Fsp3) is 0.556. The molecule has 0 saturated carbocycles. The molecule has 2 N–H and O–H groups in total. The normalized spacial score (nSPS) is 18.0. The molecule has 0 radical (unpaired) electrons. The average Bonchev–Trinajstić information content (AvgIpc) is 2.85. The molecule has 1 aromatic rings. The van der Waals surface area contributed by atoms with Gasteiger partial charge in [0, 0.05) is 36.8 Å². The summed E-state index contributed by atoms with van der Waals surface area (Å²) in [7, 11) is 0. The van der Waals surface area contributed by atoms with Gasteiger partial charge in [0.1, 0.15) is 0 Å². The van der Waals surface area contributed by atoms with E-state index >= 15 is 0 Å². The van der Waals surface area contributed by atoms with Crippen LogP contribution >= 0.6 is 11.6 Å². The second-order valence-electron chi connectivity index (χ2n) is 6.39. The van der Waals surface area contributed by atoms with Gasteiger partial charge in [0.05, 0.1) is 6.04 Å². The minimum atomic E-state index is -0.467. The van der Waals surface area contributed by atoms with Crippen LogP contribution in [-0.4, -0.2) is 53.8 Å². The number of carbonyl (C=O) groups is 2. The lowest BCUT2D eigenvalue weighted by molar-refractivity contribution is -0.133. The van der Waals surface area contributed by atoms with E-state index < -0.39 is 6.04 Å². The molecule has 1 aromatic carbocycles. The van der Waals surface area contributed by atoms with Gasteiger partial charge in [0.2, 0.25) is 5.91 Å². The van der Waals surface area contributed by atoms with Gasteiger partial charge in [-0.25, -0.2) is 0 Å². The van der Waals surface area contributed by atoms with Crippen molar-refractivity contribution in [1.82, 2.24) is 9.80 Å². The van der Waals surface area contributed by atoms with Crippen LogP contribution in [0, 0.1) is 5.92 Å². The zero-order chi connectivity index (χ0) is 17.7. The maximum absolute atomic E-state index is 12.6. The van der Waals surface area contributed by atoms with Crippen LogP contribution in [0.15, 0.2) is 24.3 Å². The number of nitrogens with zero attached hydrogens (tertiary/aromatic N) is 2. The Labute approximate surface area is 148 Å². The summed E-state index contributed by atoms with van der Waals surface area (Å²) in [6.07, 6.45) is 1.63. The van der Waals surface area contributed by atoms with Crippen molar-refractivity contribution in [2.45, 2.75) is 32.7 Å². The lowest BCUT2D eigenvalue weighted by Crippen LogP contribution is -2.48. The molecular formula is C18H26ClN3O2. The van der Waals surface area contributed by atoms with Gasteiger partial charge in [-0.2, -0.15) is 0 Å². The highest BCUT2D eigenvalue weighted by molar-refractivity contribution is 6.30. The van der Waals surface area contributed by atoms with E-state index in [1.54, 1.807) is 34.1 Å². The van der Waals surface area contributed by atoms with Gasteiger partial charge in [-0.3, -0.25) is 9.59 Å². The van der Waals surface area contributed by atoms with E-state index in [1.807, 2.05) is 13.8 Å². The van der Waals surface area contributed by atoms with E-state index in [0.717, 1.165) is 12.8 Å². The number of halogens is 1. The number of carbonyl (C=O) groups excluding carboxylic acids is 2. The lowest BCUT2D eigenvalue weighted by atomic mass is 9.99. The van der Waals surface area contributed by atoms with Crippen molar-refractivity contribution >= 4 is 23.4 Å². The van der Waals surface area contributed by atoms with Crippen LogP contribution < -0.4 is 5.73 Å². The Hall–Kier alpha value is -1.59. The van der Waals surface area contributed by atoms with Crippen LogP contribution in [0.25, 0.3) is 0 Å². The summed E-state index contributed by atoms with van der Waals surface area (Å²) in [6, 6.07) is 6.49. The van der Waals surface area contributed by atoms with Crippen LogP contribution in [-0.2, 0) is 4.79 Å². The number of amides is 2. The maximum atomic E-state index is 12.6. The second-order valence-corrected chi connectivity index (χ2v) is 6.83. The first-order chi connectivity index (χ1) is 11.4. The zero-order valence-electron chi connectivity index (χ0n) is 14.4. The maximum Gasteiger partial charge on any atom is 0.253 e. The van der Waals surface area contributed by atoms with E-state index in [-0.39, 0.29) is 17.7 Å². The molecule has 0 spiro atoms. The highest BCUT2D eigenvalue weighted by Gasteiger charge is 2.28. The van der Waals surface area contributed by atoms with Crippen LogP contribution in [0.2, 0.25) is 5.02 Å². The third-order valence-corrected chi connectivity index (χ3v) is 4.94. The first kappa shape index (κ1) is 18.7. The van der Waals surface area contributed by atoms with Crippen molar-refractivity contribution in [1.29, 1.82) is 0 Å². The Bertz CT molecular complexity index is 593. The van der Waals surface area contributed by atoms with E-state index in [1.165, 1.54) is 0 Å². The molecule has 24 heavy (non-hydrogen) atoms. The van der Waals surface area contributed by atoms with E-state index in [4.69, 9.17) is 17.3 Å².